The highest BCUT2D eigenvalue weighted by Gasteiger charge is 2.43. The summed E-state index contributed by atoms with van der Waals surface area (Å²) in [5, 5.41) is 7.92. The van der Waals surface area contributed by atoms with Crippen LogP contribution in [-0.2, 0) is 14.6 Å². The van der Waals surface area contributed by atoms with Gasteiger partial charge in [-0.25, -0.2) is 12.8 Å². The molecule has 5 nitrogen and oxygen atoms in total. The van der Waals surface area contributed by atoms with Crippen molar-refractivity contribution in [1.29, 1.82) is 0 Å². The number of nitrogens with two attached hydrogens (primary N) is 1. The van der Waals surface area contributed by atoms with Gasteiger partial charge >= 0.3 is 5.97 Å². The number of halogens is 2. The highest BCUT2D eigenvalue weighted by Crippen LogP contribution is 2.41. The number of alkyl halides is 1. The molecule has 1 aliphatic rings. The summed E-state index contributed by atoms with van der Waals surface area (Å²) in [6, 6.07) is 5.82. The zero-order valence-electron chi connectivity index (χ0n) is 14.5. The fourth-order valence-corrected chi connectivity index (χ4v) is 5.45. The van der Waals surface area contributed by atoms with Crippen LogP contribution in [0, 0.1) is 11.8 Å². The Bertz CT molecular complexity index is 710. The molecule has 0 spiro atoms. The summed E-state index contributed by atoms with van der Waals surface area (Å²) in [4.78, 5) is 10.6. The van der Waals surface area contributed by atoms with E-state index in [9.17, 15) is 17.6 Å². The molecule has 1 unspecified atom stereocenters. The van der Waals surface area contributed by atoms with Crippen molar-refractivity contribution in [3.8, 4) is 0 Å². The molecule has 1 aliphatic carbocycles. The van der Waals surface area contributed by atoms with Crippen LogP contribution in [0.25, 0.3) is 0 Å². The number of rotatable bonds is 9. The van der Waals surface area contributed by atoms with Gasteiger partial charge in [0.05, 0.1) is 4.90 Å². The molecule has 4 atom stereocenters. The number of carbonyl (C=O) groups is 1. The first-order valence-electron chi connectivity index (χ1n) is 8.84. The molecule has 3 N–H and O–H groups in total. The second-order valence-corrected chi connectivity index (χ2v) is 9.42. The van der Waals surface area contributed by atoms with Crippen LogP contribution in [0.5, 0.6) is 0 Å². The van der Waals surface area contributed by atoms with Crippen LogP contribution in [0.15, 0.2) is 29.2 Å². The second kappa shape index (κ2) is 9.15. The maximum absolute atomic E-state index is 14.3. The van der Waals surface area contributed by atoms with Crippen LogP contribution in [-0.4, -0.2) is 31.0 Å². The maximum atomic E-state index is 14.3. The summed E-state index contributed by atoms with van der Waals surface area (Å²) in [6.45, 7) is 0. The predicted molar refractivity (Wildman–Crippen MR) is 98.4 cm³/mol. The molecule has 0 amide bonds. The number of carboxylic acid groups (broad SMARTS) is 1. The van der Waals surface area contributed by atoms with Crippen LogP contribution in [0.1, 0.15) is 44.9 Å². The first kappa shape index (κ1) is 21.1. The lowest BCUT2D eigenvalue weighted by molar-refractivity contribution is -0.137. The van der Waals surface area contributed by atoms with Gasteiger partial charge in [-0.3, -0.25) is 4.79 Å². The molecule has 2 rings (SSSR count). The zero-order chi connectivity index (χ0) is 19.3. The van der Waals surface area contributed by atoms with E-state index in [4.69, 9.17) is 22.4 Å². The molecule has 26 heavy (non-hydrogen) atoms. The first-order valence-corrected chi connectivity index (χ1v) is 10.8. The first-order chi connectivity index (χ1) is 12.2. The van der Waals surface area contributed by atoms with Gasteiger partial charge in [0.15, 0.2) is 9.84 Å². The molecule has 1 saturated carbocycles. The van der Waals surface area contributed by atoms with Gasteiger partial charge in [0.2, 0.25) is 0 Å². The topological polar surface area (TPSA) is 97.5 Å². The molecule has 1 fully saturated rings. The minimum Gasteiger partial charge on any atom is -0.481 e. The fourth-order valence-electron chi connectivity index (χ4n) is 3.70. The van der Waals surface area contributed by atoms with Crippen LogP contribution in [0.2, 0.25) is 5.02 Å². The van der Waals surface area contributed by atoms with E-state index in [1.807, 2.05) is 0 Å². The van der Waals surface area contributed by atoms with E-state index in [2.05, 4.69) is 0 Å². The van der Waals surface area contributed by atoms with Crippen molar-refractivity contribution < 1.29 is 22.7 Å². The molecule has 0 radical (unpaired) electrons. The summed E-state index contributed by atoms with van der Waals surface area (Å²) in [5.41, 5.74) is 6.08. The number of carboxylic acids is 1. The summed E-state index contributed by atoms with van der Waals surface area (Å²) < 4.78 is 39.9. The molecule has 0 bridgehead atoms. The van der Waals surface area contributed by atoms with Crippen LogP contribution >= 0.6 is 11.6 Å². The van der Waals surface area contributed by atoms with E-state index < -0.39 is 39.2 Å². The van der Waals surface area contributed by atoms with Crippen molar-refractivity contribution in [2.75, 3.05) is 0 Å². The molecule has 0 heterocycles. The third-order valence-electron chi connectivity index (χ3n) is 5.14. The van der Waals surface area contributed by atoms with E-state index >= 15 is 0 Å². The van der Waals surface area contributed by atoms with Gasteiger partial charge in [-0.1, -0.05) is 24.4 Å². The smallest absolute Gasteiger partial charge is 0.303 e. The molecule has 8 heteroatoms. The minimum absolute atomic E-state index is 0.0944. The number of benzene rings is 1. The molecule has 1 aromatic rings. The number of sulfone groups is 1. The summed E-state index contributed by atoms with van der Waals surface area (Å²) in [7, 11) is -3.77. The second-order valence-electron chi connectivity index (χ2n) is 6.88. The van der Waals surface area contributed by atoms with E-state index in [-0.39, 0.29) is 11.3 Å². The highest BCUT2D eigenvalue weighted by atomic mass is 35.5. The number of hydrogen-bond acceptors (Lipinski definition) is 4. The Morgan fingerprint density at radius 3 is 2.50 bits per heavy atom. The standard InChI is InChI=1S/C18H25ClFNO4S/c19-12-6-8-13(9-7-12)26(24,25)18(21)15-10-11-16(20)14(15)4-2-1-3-5-17(22)23/h6-9,14-16,18H,1-5,10-11,21H2,(H,22,23)/t14-,15+,16-,18?/m1/s1. The Morgan fingerprint density at radius 1 is 1.23 bits per heavy atom. The van der Waals surface area contributed by atoms with Crippen LogP contribution < -0.4 is 5.73 Å². The van der Waals surface area contributed by atoms with Crippen molar-refractivity contribution in [3.05, 3.63) is 29.3 Å². The van der Waals surface area contributed by atoms with Crippen molar-refractivity contribution in [3.63, 3.8) is 0 Å². The lowest BCUT2D eigenvalue weighted by atomic mass is 9.89. The highest BCUT2D eigenvalue weighted by molar-refractivity contribution is 7.92. The van der Waals surface area contributed by atoms with Gasteiger partial charge in [0.25, 0.3) is 0 Å². The van der Waals surface area contributed by atoms with Crippen molar-refractivity contribution in [2.45, 2.75) is 61.4 Å². The maximum Gasteiger partial charge on any atom is 0.303 e. The van der Waals surface area contributed by atoms with Gasteiger partial charge in [-0.15, -0.1) is 0 Å². The number of hydrogen-bond donors (Lipinski definition) is 2. The van der Waals surface area contributed by atoms with Crippen molar-refractivity contribution in [1.82, 2.24) is 0 Å². The third-order valence-corrected chi connectivity index (χ3v) is 7.39. The Morgan fingerprint density at radius 2 is 1.88 bits per heavy atom. The van der Waals surface area contributed by atoms with Crippen molar-refractivity contribution in [2.24, 2.45) is 17.6 Å². The number of aliphatic carboxylic acids is 1. The Labute approximate surface area is 158 Å². The van der Waals surface area contributed by atoms with Gasteiger partial charge in [0.1, 0.15) is 11.5 Å². The average Bonchev–Trinajstić information content (AvgIpc) is 2.94. The lowest BCUT2D eigenvalue weighted by Gasteiger charge is -2.26. The SMILES string of the molecule is NC([C@H]1CC[C@@H](F)[C@@H]1CCCCCC(=O)O)S(=O)(=O)c1ccc(Cl)cc1. The van der Waals surface area contributed by atoms with Gasteiger partial charge in [-0.05, 0) is 61.8 Å². The normalized spacial score (nSPS) is 24.5. The van der Waals surface area contributed by atoms with Gasteiger partial charge < -0.3 is 10.8 Å². The monoisotopic (exact) mass is 405 g/mol. The molecule has 146 valence electrons. The van der Waals surface area contributed by atoms with Crippen molar-refractivity contribution >= 4 is 27.4 Å². The van der Waals surface area contributed by atoms with E-state index in [0.29, 0.717) is 43.5 Å². The molecule has 0 saturated heterocycles. The number of unbranched alkanes of at least 4 members (excludes halogenated alkanes) is 2. The van der Waals surface area contributed by atoms with E-state index in [1.165, 1.54) is 24.3 Å². The Kier molecular flexibility index (Phi) is 7.43. The molecule has 0 aromatic heterocycles. The molecular weight excluding hydrogens is 381 g/mol. The van der Waals surface area contributed by atoms with E-state index in [1.54, 1.807) is 0 Å². The third kappa shape index (κ3) is 5.18. The summed E-state index contributed by atoms with van der Waals surface area (Å²) in [6.07, 6.45) is 2.20. The van der Waals surface area contributed by atoms with Crippen LogP contribution in [0.3, 0.4) is 0 Å². The Balaban J connectivity index is 2.02. The van der Waals surface area contributed by atoms with E-state index in [0.717, 1.165) is 0 Å². The fraction of sp³-hybridized carbons (Fsp3) is 0.611. The quantitative estimate of drug-likeness (QED) is 0.609. The minimum atomic E-state index is -3.77. The average molecular weight is 406 g/mol. The molecule has 0 aliphatic heterocycles. The van der Waals surface area contributed by atoms with Gasteiger partial charge in [-0.2, -0.15) is 0 Å². The van der Waals surface area contributed by atoms with Gasteiger partial charge in [0, 0.05) is 11.4 Å². The largest absolute Gasteiger partial charge is 0.481 e. The van der Waals surface area contributed by atoms with Crippen LogP contribution in [0.4, 0.5) is 4.39 Å². The lowest BCUT2D eigenvalue weighted by Crippen LogP contribution is -2.40. The predicted octanol–water partition coefficient (Wildman–Crippen LogP) is 3.80. The molecule has 1 aromatic carbocycles. The summed E-state index contributed by atoms with van der Waals surface area (Å²) in [5.74, 6) is -1.69. The molecular formula is C18H25ClFNO4S. The Hall–Kier alpha value is -1.18. The summed E-state index contributed by atoms with van der Waals surface area (Å²) >= 11 is 5.80. The zero-order valence-corrected chi connectivity index (χ0v) is 16.1.